The number of piperidine rings is 1. The van der Waals surface area contributed by atoms with E-state index in [9.17, 15) is 0 Å². The van der Waals surface area contributed by atoms with Crippen molar-refractivity contribution < 1.29 is 9.94 Å². The Morgan fingerprint density at radius 3 is 2.57 bits per heavy atom. The summed E-state index contributed by atoms with van der Waals surface area (Å²) in [5.74, 6) is 0. The normalized spacial score (nSPS) is 18.9. The second-order valence-corrected chi connectivity index (χ2v) is 3.93. The van der Waals surface area contributed by atoms with Gasteiger partial charge in [-0.05, 0) is 13.8 Å². The minimum atomic E-state index is 0.314. The van der Waals surface area contributed by atoms with Crippen LogP contribution in [-0.2, 0) is 4.74 Å². The van der Waals surface area contributed by atoms with Crippen LogP contribution in [0.1, 0.15) is 26.7 Å². The number of rotatable bonds is 4. The third-order valence-corrected chi connectivity index (χ3v) is 2.43. The quantitative estimate of drug-likeness (QED) is 0.550. The molecular weight excluding hydrogens is 180 g/mol. The Bertz CT molecular complexity index is 183. The van der Waals surface area contributed by atoms with Crippen LogP contribution in [0, 0.1) is 0 Å². The minimum absolute atomic E-state index is 0.314. The lowest BCUT2D eigenvalue weighted by molar-refractivity contribution is 0.0587. The number of nitrogens with zero attached hydrogens (tertiary/aromatic N) is 2. The molecule has 82 valence electrons. The predicted octanol–water partition coefficient (Wildman–Crippen LogP) is 1.34. The fourth-order valence-corrected chi connectivity index (χ4v) is 1.55. The van der Waals surface area contributed by atoms with Gasteiger partial charge in [-0.1, -0.05) is 5.16 Å². The van der Waals surface area contributed by atoms with Gasteiger partial charge in [0, 0.05) is 32.5 Å². The Hall–Kier alpha value is -0.610. The molecule has 1 aliphatic heterocycles. The summed E-state index contributed by atoms with van der Waals surface area (Å²) in [6, 6.07) is 0. The maximum atomic E-state index is 8.57. The van der Waals surface area contributed by atoms with Gasteiger partial charge in [0.1, 0.15) is 0 Å². The number of hydrogen-bond donors (Lipinski definition) is 1. The zero-order valence-electron chi connectivity index (χ0n) is 9.07. The monoisotopic (exact) mass is 200 g/mol. The summed E-state index contributed by atoms with van der Waals surface area (Å²) >= 11 is 0. The van der Waals surface area contributed by atoms with Gasteiger partial charge in [0.15, 0.2) is 0 Å². The van der Waals surface area contributed by atoms with E-state index >= 15 is 0 Å². The highest BCUT2D eigenvalue weighted by Crippen LogP contribution is 2.06. The van der Waals surface area contributed by atoms with Gasteiger partial charge >= 0.3 is 0 Å². The summed E-state index contributed by atoms with van der Waals surface area (Å²) in [5.41, 5.74) is 0.922. The molecular formula is C10H20N2O2. The van der Waals surface area contributed by atoms with Gasteiger partial charge < -0.3 is 14.8 Å². The number of likely N-dealkylation sites (tertiary alicyclic amines) is 1. The van der Waals surface area contributed by atoms with Gasteiger partial charge in [-0.2, -0.15) is 0 Å². The summed E-state index contributed by atoms with van der Waals surface area (Å²) in [6.07, 6.45) is 2.09. The maximum absolute atomic E-state index is 8.57. The molecule has 0 amide bonds. The largest absolute Gasteiger partial charge is 0.411 e. The van der Waals surface area contributed by atoms with E-state index in [2.05, 4.69) is 10.1 Å². The zero-order chi connectivity index (χ0) is 10.4. The molecule has 1 aliphatic rings. The Kier molecular flexibility index (Phi) is 4.90. The first kappa shape index (κ1) is 11.5. The van der Waals surface area contributed by atoms with Crippen LogP contribution in [-0.4, -0.2) is 48.2 Å². The summed E-state index contributed by atoms with van der Waals surface area (Å²) in [6.45, 7) is 7.85. The fraction of sp³-hybridized carbons (Fsp3) is 0.900. The van der Waals surface area contributed by atoms with Crippen molar-refractivity contribution in [2.24, 2.45) is 5.16 Å². The Morgan fingerprint density at radius 1 is 1.43 bits per heavy atom. The molecule has 0 radical (unpaired) electrons. The van der Waals surface area contributed by atoms with Gasteiger partial charge in [0.2, 0.25) is 0 Å². The first-order valence-corrected chi connectivity index (χ1v) is 5.26. The van der Waals surface area contributed by atoms with E-state index in [1.54, 1.807) is 0 Å². The van der Waals surface area contributed by atoms with Crippen molar-refractivity contribution in [1.29, 1.82) is 0 Å². The smallest absolute Gasteiger partial charge is 0.0596 e. The molecule has 1 N–H and O–H groups in total. The molecule has 0 aromatic rings. The van der Waals surface area contributed by atoms with Crippen molar-refractivity contribution in [2.75, 3.05) is 26.2 Å². The maximum Gasteiger partial charge on any atom is 0.0596 e. The molecule has 0 spiro atoms. The lowest BCUT2D eigenvalue weighted by Crippen LogP contribution is -2.36. The van der Waals surface area contributed by atoms with E-state index in [-0.39, 0.29) is 0 Å². The predicted molar refractivity (Wildman–Crippen MR) is 56.0 cm³/mol. The first-order valence-electron chi connectivity index (χ1n) is 5.26. The van der Waals surface area contributed by atoms with Crippen LogP contribution in [0.5, 0.6) is 0 Å². The van der Waals surface area contributed by atoms with Crippen molar-refractivity contribution in [3.05, 3.63) is 0 Å². The average molecular weight is 200 g/mol. The lowest BCUT2D eigenvalue weighted by Gasteiger charge is -2.26. The molecule has 14 heavy (non-hydrogen) atoms. The van der Waals surface area contributed by atoms with E-state index < -0.39 is 0 Å². The highest BCUT2D eigenvalue weighted by molar-refractivity contribution is 5.84. The van der Waals surface area contributed by atoms with Gasteiger partial charge in [-0.3, -0.25) is 0 Å². The van der Waals surface area contributed by atoms with Crippen molar-refractivity contribution in [3.63, 3.8) is 0 Å². The third kappa shape index (κ3) is 4.07. The third-order valence-electron chi connectivity index (χ3n) is 2.43. The second kappa shape index (κ2) is 5.98. The van der Waals surface area contributed by atoms with E-state index in [0.717, 1.165) is 44.8 Å². The molecule has 0 aromatic carbocycles. The van der Waals surface area contributed by atoms with Crippen molar-refractivity contribution in [3.8, 4) is 0 Å². The van der Waals surface area contributed by atoms with Crippen LogP contribution in [0.4, 0.5) is 0 Å². The molecule has 1 fully saturated rings. The summed E-state index contributed by atoms with van der Waals surface area (Å²) in [7, 11) is 0. The molecule has 1 heterocycles. The Morgan fingerprint density at radius 2 is 2.07 bits per heavy atom. The molecule has 0 saturated carbocycles. The second-order valence-electron chi connectivity index (χ2n) is 3.93. The van der Waals surface area contributed by atoms with Gasteiger partial charge in [0.05, 0.1) is 18.4 Å². The van der Waals surface area contributed by atoms with E-state index in [1.807, 2.05) is 13.8 Å². The lowest BCUT2D eigenvalue weighted by atomic mass is 10.1. The zero-order valence-corrected chi connectivity index (χ0v) is 9.07. The van der Waals surface area contributed by atoms with Crippen molar-refractivity contribution in [2.45, 2.75) is 32.8 Å². The molecule has 0 aliphatic carbocycles. The highest BCUT2D eigenvalue weighted by atomic mass is 16.5. The average Bonchev–Trinajstić information content (AvgIpc) is 2.18. The Balaban J connectivity index is 2.10. The topological polar surface area (TPSA) is 45.1 Å². The number of hydrogen-bond acceptors (Lipinski definition) is 4. The van der Waals surface area contributed by atoms with Crippen molar-refractivity contribution in [1.82, 2.24) is 4.90 Å². The van der Waals surface area contributed by atoms with Crippen LogP contribution >= 0.6 is 0 Å². The summed E-state index contributed by atoms with van der Waals surface area (Å²) in [4.78, 5) is 2.34. The van der Waals surface area contributed by atoms with E-state index in [0.29, 0.717) is 6.10 Å². The highest BCUT2D eigenvalue weighted by Gasteiger charge is 2.14. The van der Waals surface area contributed by atoms with Gasteiger partial charge in [0.25, 0.3) is 0 Å². The molecule has 1 saturated heterocycles. The molecule has 0 aromatic heterocycles. The number of oxime groups is 1. The van der Waals surface area contributed by atoms with Crippen LogP contribution in [0.15, 0.2) is 5.16 Å². The summed E-state index contributed by atoms with van der Waals surface area (Å²) in [5, 5.41) is 11.8. The SMILES string of the molecule is CC(C)OCCN1CCC(=NO)CC1. The molecule has 0 unspecified atom stereocenters. The van der Waals surface area contributed by atoms with Crippen LogP contribution in [0.25, 0.3) is 0 Å². The van der Waals surface area contributed by atoms with Gasteiger partial charge in [-0.15, -0.1) is 0 Å². The molecule has 1 rings (SSSR count). The summed E-state index contributed by atoms with van der Waals surface area (Å²) < 4.78 is 5.48. The van der Waals surface area contributed by atoms with Crippen molar-refractivity contribution >= 4 is 5.71 Å². The Labute approximate surface area is 85.5 Å². The van der Waals surface area contributed by atoms with Crippen LogP contribution in [0.3, 0.4) is 0 Å². The molecule has 4 nitrogen and oxygen atoms in total. The number of ether oxygens (including phenoxy) is 1. The minimum Gasteiger partial charge on any atom is -0.411 e. The fourth-order valence-electron chi connectivity index (χ4n) is 1.55. The van der Waals surface area contributed by atoms with E-state index in [4.69, 9.17) is 9.94 Å². The van der Waals surface area contributed by atoms with Crippen LogP contribution in [0.2, 0.25) is 0 Å². The molecule has 0 atom stereocenters. The van der Waals surface area contributed by atoms with Crippen LogP contribution < -0.4 is 0 Å². The van der Waals surface area contributed by atoms with Gasteiger partial charge in [-0.25, -0.2) is 0 Å². The first-order chi connectivity index (χ1) is 6.72. The molecule has 4 heteroatoms. The van der Waals surface area contributed by atoms with E-state index in [1.165, 1.54) is 0 Å². The molecule has 0 bridgehead atoms. The standard InChI is InChI=1S/C10H20N2O2/c1-9(2)14-8-7-12-5-3-10(11-13)4-6-12/h9,13H,3-8H2,1-2H3.